The molecule has 6 heteroatoms. The van der Waals surface area contributed by atoms with E-state index in [9.17, 15) is 0 Å². The number of nitrogens with one attached hydrogen (secondary N) is 2. The summed E-state index contributed by atoms with van der Waals surface area (Å²) in [6.45, 7) is 2.12. The lowest BCUT2D eigenvalue weighted by molar-refractivity contribution is -0.0673. The van der Waals surface area contributed by atoms with Gasteiger partial charge in [-0.25, -0.2) is 5.01 Å². The lowest BCUT2D eigenvalue weighted by atomic mass is 10.4. The highest BCUT2D eigenvalue weighted by atomic mass is 32.1. The fourth-order valence-electron chi connectivity index (χ4n) is 1.47. The topological polar surface area (TPSA) is 30.5 Å². The Bertz CT molecular complexity index is 247. The van der Waals surface area contributed by atoms with Gasteiger partial charge in [-0.15, -0.1) is 12.6 Å². The molecular weight excluding hydrogens is 204 g/mol. The Morgan fingerprint density at radius 1 is 1.31 bits per heavy atom. The van der Waals surface area contributed by atoms with Crippen molar-refractivity contribution < 1.29 is 0 Å². The zero-order chi connectivity index (χ0) is 9.26. The average Bonchev–Trinajstić information content (AvgIpc) is 2.53. The molecule has 0 spiro atoms. The summed E-state index contributed by atoms with van der Waals surface area (Å²) in [5.41, 5.74) is 6.12. The number of hydrogen-bond donors (Lipinski definition) is 3. The second-order valence-corrected chi connectivity index (χ2v) is 4.01. The largest absolute Gasteiger partial charge is 0.281 e. The maximum Gasteiger partial charge on any atom is 0.118 e. The zero-order valence-corrected chi connectivity index (χ0v) is 8.87. The molecule has 0 radical (unpaired) electrons. The van der Waals surface area contributed by atoms with E-state index in [2.05, 4.69) is 28.5 Å². The zero-order valence-electron chi connectivity index (χ0n) is 7.16. The van der Waals surface area contributed by atoms with Crippen LogP contribution in [0.4, 0.5) is 0 Å². The molecule has 0 aromatic carbocycles. The average molecular weight is 216 g/mol. The summed E-state index contributed by atoms with van der Waals surface area (Å²) < 4.78 is 0. The summed E-state index contributed by atoms with van der Waals surface area (Å²) in [6, 6.07) is 0. The van der Waals surface area contributed by atoms with E-state index in [1.807, 2.05) is 5.23 Å². The molecule has 2 rings (SSSR count). The monoisotopic (exact) mass is 216 g/mol. The van der Waals surface area contributed by atoms with Gasteiger partial charge < -0.3 is 0 Å². The van der Waals surface area contributed by atoms with Crippen molar-refractivity contribution in [3.05, 3.63) is 11.1 Å². The predicted molar refractivity (Wildman–Crippen MR) is 58.6 cm³/mol. The van der Waals surface area contributed by atoms with Gasteiger partial charge in [-0.05, 0) is 12.8 Å². The minimum Gasteiger partial charge on any atom is -0.281 e. The number of thiol groups is 1. The van der Waals surface area contributed by atoms with Crippen molar-refractivity contribution in [3.8, 4) is 0 Å². The van der Waals surface area contributed by atoms with Crippen molar-refractivity contribution in [2.45, 2.75) is 12.8 Å². The molecule has 72 valence electrons. The van der Waals surface area contributed by atoms with Crippen LogP contribution in [-0.2, 0) is 0 Å². The standard InChI is InChI=1S/C7H12N4S2/c12-6-5-7(13)9-11(8-6)10-3-1-2-4-10/h5,8,12H,1-4H2,(H,9,13). The minimum absolute atomic E-state index is 0.690. The van der Waals surface area contributed by atoms with Gasteiger partial charge >= 0.3 is 0 Å². The number of hydrazine groups is 3. The normalized spacial score (nSPS) is 25.3. The third kappa shape index (κ3) is 2.14. The van der Waals surface area contributed by atoms with Crippen LogP contribution in [0.5, 0.6) is 0 Å². The third-order valence-electron chi connectivity index (χ3n) is 2.07. The molecule has 1 saturated heterocycles. The van der Waals surface area contributed by atoms with Gasteiger partial charge in [0, 0.05) is 19.2 Å². The van der Waals surface area contributed by atoms with Gasteiger partial charge in [0.15, 0.2) is 0 Å². The first-order chi connectivity index (χ1) is 6.25. The Kier molecular flexibility index (Phi) is 2.73. The molecule has 0 atom stereocenters. The Morgan fingerprint density at radius 2 is 2.00 bits per heavy atom. The van der Waals surface area contributed by atoms with Gasteiger partial charge in [0.05, 0.1) is 5.03 Å². The van der Waals surface area contributed by atoms with Crippen LogP contribution in [0.15, 0.2) is 11.1 Å². The van der Waals surface area contributed by atoms with E-state index in [0.717, 1.165) is 18.1 Å². The van der Waals surface area contributed by atoms with Gasteiger partial charge in [-0.1, -0.05) is 17.4 Å². The number of hydrogen-bond acceptors (Lipinski definition) is 5. The van der Waals surface area contributed by atoms with Crippen molar-refractivity contribution in [1.29, 1.82) is 0 Å². The van der Waals surface area contributed by atoms with Crippen LogP contribution >= 0.6 is 24.8 Å². The molecule has 0 aromatic rings. The molecule has 0 aromatic heterocycles. The molecule has 0 bridgehead atoms. The number of thiocarbonyl (C=S) groups is 1. The van der Waals surface area contributed by atoms with Crippen molar-refractivity contribution in [2.75, 3.05) is 13.1 Å². The third-order valence-corrected chi connectivity index (χ3v) is 2.51. The Labute approximate surface area is 88.3 Å². The van der Waals surface area contributed by atoms with Crippen LogP contribution in [0.25, 0.3) is 0 Å². The molecule has 4 nitrogen and oxygen atoms in total. The quantitative estimate of drug-likeness (QED) is 0.437. The van der Waals surface area contributed by atoms with Crippen LogP contribution < -0.4 is 10.9 Å². The van der Waals surface area contributed by atoms with E-state index in [-0.39, 0.29) is 0 Å². The molecule has 0 unspecified atom stereocenters. The molecule has 0 amide bonds. The summed E-state index contributed by atoms with van der Waals surface area (Å²) >= 11 is 9.28. The first-order valence-electron chi connectivity index (χ1n) is 4.28. The number of nitrogens with zero attached hydrogens (tertiary/aromatic N) is 2. The smallest absolute Gasteiger partial charge is 0.118 e. The molecule has 0 aliphatic carbocycles. The Morgan fingerprint density at radius 3 is 2.62 bits per heavy atom. The number of rotatable bonds is 1. The molecule has 1 fully saturated rings. The van der Waals surface area contributed by atoms with Crippen LogP contribution in [-0.4, -0.2) is 28.3 Å². The molecule has 2 N–H and O–H groups in total. The highest BCUT2D eigenvalue weighted by Crippen LogP contribution is 2.11. The summed E-state index contributed by atoms with van der Waals surface area (Å²) in [5.74, 6) is 0. The Balaban J connectivity index is 2.01. The first kappa shape index (κ1) is 9.26. The Hall–Kier alpha value is -0.300. The van der Waals surface area contributed by atoms with Crippen LogP contribution in [0.2, 0.25) is 0 Å². The summed E-state index contributed by atoms with van der Waals surface area (Å²) in [4.78, 5) is 0.690. The van der Waals surface area contributed by atoms with Crippen LogP contribution in [0.3, 0.4) is 0 Å². The van der Waals surface area contributed by atoms with E-state index in [0.29, 0.717) is 4.99 Å². The van der Waals surface area contributed by atoms with Crippen molar-refractivity contribution in [2.24, 2.45) is 0 Å². The van der Waals surface area contributed by atoms with Crippen molar-refractivity contribution in [3.63, 3.8) is 0 Å². The second-order valence-electron chi connectivity index (χ2n) is 3.09. The molecule has 13 heavy (non-hydrogen) atoms. The van der Waals surface area contributed by atoms with E-state index >= 15 is 0 Å². The molecule has 2 aliphatic rings. The van der Waals surface area contributed by atoms with E-state index in [1.165, 1.54) is 12.8 Å². The highest BCUT2D eigenvalue weighted by molar-refractivity contribution is 7.84. The van der Waals surface area contributed by atoms with E-state index in [4.69, 9.17) is 12.2 Å². The fourth-order valence-corrected chi connectivity index (χ4v) is 1.99. The van der Waals surface area contributed by atoms with E-state index < -0.39 is 0 Å². The lowest BCUT2D eigenvalue weighted by Crippen LogP contribution is -2.59. The predicted octanol–water partition coefficient (Wildman–Crippen LogP) is 0.421. The summed E-state index contributed by atoms with van der Waals surface area (Å²) in [6.07, 6.45) is 4.25. The van der Waals surface area contributed by atoms with Gasteiger partial charge in [0.25, 0.3) is 0 Å². The summed E-state index contributed by atoms with van der Waals surface area (Å²) in [5, 5.41) is 4.77. The SMILES string of the molecule is S=C1C=C(S)NN(N2CCCC2)N1. The van der Waals surface area contributed by atoms with Crippen LogP contribution in [0, 0.1) is 0 Å². The molecule has 0 saturated carbocycles. The maximum atomic E-state index is 5.05. The maximum absolute atomic E-state index is 5.05. The van der Waals surface area contributed by atoms with E-state index in [1.54, 1.807) is 6.08 Å². The summed E-state index contributed by atoms with van der Waals surface area (Å²) in [7, 11) is 0. The van der Waals surface area contributed by atoms with Crippen molar-refractivity contribution in [1.82, 2.24) is 21.1 Å². The molecule has 2 aliphatic heterocycles. The van der Waals surface area contributed by atoms with Gasteiger partial charge in [0.1, 0.15) is 4.99 Å². The van der Waals surface area contributed by atoms with Gasteiger partial charge in [-0.3, -0.25) is 10.9 Å². The van der Waals surface area contributed by atoms with Crippen molar-refractivity contribution >= 4 is 29.8 Å². The second kappa shape index (κ2) is 3.83. The lowest BCUT2D eigenvalue weighted by Gasteiger charge is -2.34. The van der Waals surface area contributed by atoms with Crippen LogP contribution in [0.1, 0.15) is 12.8 Å². The molecule has 2 heterocycles. The minimum atomic E-state index is 0.690. The first-order valence-corrected chi connectivity index (χ1v) is 5.14. The van der Waals surface area contributed by atoms with Gasteiger partial charge in [-0.2, -0.15) is 0 Å². The molecular formula is C7H12N4S2. The highest BCUT2D eigenvalue weighted by Gasteiger charge is 2.22. The fraction of sp³-hybridized carbons (Fsp3) is 0.571. The van der Waals surface area contributed by atoms with Gasteiger partial charge in [0.2, 0.25) is 0 Å².